The second-order valence-corrected chi connectivity index (χ2v) is 7.85. The largest absolute Gasteiger partial charge is 0.330 e. The first-order valence-electron chi connectivity index (χ1n) is 8.34. The summed E-state index contributed by atoms with van der Waals surface area (Å²) in [7, 11) is 0. The predicted molar refractivity (Wildman–Crippen MR) is 95.1 cm³/mol. The van der Waals surface area contributed by atoms with Crippen LogP contribution in [0.5, 0.6) is 0 Å². The zero-order chi connectivity index (χ0) is 15.9. The van der Waals surface area contributed by atoms with E-state index in [1.165, 1.54) is 27.8 Å². The summed E-state index contributed by atoms with van der Waals surface area (Å²) in [6.45, 7) is 10.0. The van der Waals surface area contributed by atoms with Gasteiger partial charge < -0.3 is 5.73 Å². The van der Waals surface area contributed by atoms with Crippen molar-refractivity contribution in [1.29, 1.82) is 0 Å². The average molecular weight is 293 g/mol. The van der Waals surface area contributed by atoms with Crippen LogP contribution in [0.2, 0.25) is 0 Å². The van der Waals surface area contributed by atoms with Crippen LogP contribution < -0.4 is 5.73 Å². The van der Waals surface area contributed by atoms with Crippen molar-refractivity contribution in [2.24, 2.45) is 17.1 Å². The minimum atomic E-state index is 0.222. The van der Waals surface area contributed by atoms with Gasteiger partial charge in [-0.3, -0.25) is 0 Å². The van der Waals surface area contributed by atoms with E-state index < -0.39 is 0 Å². The van der Waals surface area contributed by atoms with E-state index in [9.17, 15) is 0 Å². The third-order valence-corrected chi connectivity index (χ3v) is 4.84. The minimum absolute atomic E-state index is 0.222. The molecule has 0 fully saturated rings. The normalized spacial score (nSPS) is 18.0. The van der Waals surface area contributed by atoms with Gasteiger partial charge in [0, 0.05) is 5.92 Å². The summed E-state index contributed by atoms with van der Waals surface area (Å²) >= 11 is 0. The van der Waals surface area contributed by atoms with Crippen molar-refractivity contribution >= 4 is 0 Å². The van der Waals surface area contributed by atoms with Gasteiger partial charge in [-0.25, -0.2) is 0 Å². The highest BCUT2D eigenvalue weighted by Gasteiger charge is 2.36. The third kappa shape index (κ3) is 2.59. The molecule has 0 aromatic heterocycles. The van der Waals surface area contributed by atoms with Crippen molar-refractivity contribution in [3.05, 3.63) is 59.2 Å². The molecular formula is C21H27N. The van der Waals surface area contributed by atoms with E-state index in [0.29, 0.717) is 11.8 Å². The molecule has 0 heterocycles. The molecule has 1 aliphatic rings. The highest BCUT2D eigenvalue weighted by Crippen LogP contribution is 2.52. The van der Waals surface area contributed by atoms with Crippen molar-refractivity contribution in [3.63, 3.8) is 0 Å². The van der Waals surface area contributed by atoms with Gasteiger partial charge in [0.1, 0.15) is 0 Å². The first kappa shape index (κ1) is 15.3. The molecule has 0 bridgehead atoms. The van der Waals surface area contributed by atoms with Crippen LogP contribution in [0, 0.1) is 11.3 Å². The van der Waals surface area contributed by atoms with Crippen LogP contribution in [-0.4, -0.2) is 6.54 Å². The van der Waals surface area contributed by atoms with E-state index in [1.807, 2.05) is 0 Å². The van der Waals surface area contributed by atoms with Gasteiger partial charge in [0.2, 0.25) is 0 Å². The lowest BCUT2D eigenvalue weighted by molar-refractivity contribution is 0.363. The first-order valence-corrected chi connectivity index (χ1v) is 8.34. The number of hydrogen-bond acceptors (Lipinski definition) is 1. The summed E-state index contributed by atoms with van der Waals surface area (Å²) in [5, 5.41) is 0. The molecule has 0 saturated heterocycles. The molecule has 0 saturated carbocycles. The van der Waals surface area contributed by atoms with Gasteiger partial charge in [-0.05, 0) is 52.1 Å². The molecule has 0 spiro atoms. The summed E-state index contributed by atoms with van der Waals surface area (Å²) < 4.78 is 0. The standard InChI is InChI=1S/C21H27N/c1-14(13-22)11-15-9-10-17-16-7-5-6-8-18(16)20(19(17)12-15)21(2,3)4/h5-10,12,14,20H,11,13,22H2,1-4H3. The number of rotatable bonds is 3. The van der Waals surface area contributed by atoms with Gasteiger partial charge in [-0.1, -0.05) is 70.2 Å². The number of nitrogens with two attached hydrogens (primary N) is 1. The Labute approximate surface area is 134 Å². The molecule has 2 atom stereocenters. The predicted octanol–water partition coefficient (Wildman–Crippen LogP) is 4.98. The molecule has 0 radical (unpaired) electrons. The Morgan fingerprint density at radius 1 is 1.00 bits per heavy atom. The average Bonchev–Trinajstić information content (AvgIpc) is 2.80. The molecular weight excluding hydrogens is 266 g/mol. The van der Waals surface area contributed by atoms with E-state index >= 15 is 0 Å². The van der Waals surface area contributed by atoms with Crippen LogP contribution >= 0.6 is 0 Å². The molecule has 2 aromatic rings. The second-order valence-electron chi connectivity index (χ2n) is 7.85. The zero-order valence-corrected chi connectivity index (χ0v) is 14.2. The SMILES string of the molecule is CC(CN)Cc1ccc2c(c1)C(C(C)(C)C)c1ccccc1-2. The smallest absolute Gasteiger partial charge is 0.0150 e. The van der Waals surface area contributed by atoms with Crippen molar-refractivity contribution in [2.75, 3.05) is 6.54 Å². The fourth-order valence-corrected chi connectivity index (χ4v) is 3.80. The Balaban J connectivity index is 2.10. The fourth-order valence-electron chi connectivity index (χ4n) is 3.80. The maximum Gasteiger partial charge on any atom is 0.0150 e. The molecule has 0 amide bonds. The summed E-state index contributed by atoms with van der Waals surface area (Å²) in [4.78, 5) is 0. The monoisotopic (exact) mass is 293 g/mol. The molecule has 22 heavy (non-hydrogen) atoms. The summed E-state index contributed by atoms with van der Waals surface area (Å²) in [6.07, 6.45) is 1.07. The maximum atomic E-state index is 5.80. The van der Waals surface area contributed by atoms with Crippen molar-refractivity contribution < 1.29 is 0 Å². The van der Waals surface area contributed by atoms with Crippen LogP contribution in [0.3, 0.4) is 0 Å². The lowest BCUT2D eigenvalue weighted by Gasteiger charge is -2.29. The van der Waals surface area contributed by atoms with Gasteiger partial charge in [-0.15, -0.1) is 0 Å². The molecule has 2 N–H and O–H groups in total. The number of fused-ring (bicyclic) bond motifs is 3. The summed E-state index contributed by atoms with van der Waals surface area (Å²) in [5.41, 5.74) is 13.2. The van der Waals surface area contributed by atoms with Gasteiger partial charge >= 0.3 is 0 Å². The van der Waals surface area contributed by atoms with E-state index in [2.05, 4.69) is 70.2 Å². The summed E-state index contributed by atoms with van der Waals surface area (Å²) in [6, 6.07) is 15.9. The molecule has 1 heteroatoms. The van der Waals surface area contributed by atoms with E-state index in [-0.39, 0.29) is 5.41 Å². The Morgan fingerprint density at radius 2 is 1.68 bits per heavy atom. The van der Waals surface area contributed by atoms with Crippen LogP contribution in [0.4, 0.5) is 0 Å². The lowest BCUT2D eigenvalue weighted by atomic mass is 9.75. The zero-order valence-electron chi connectivity index (χ0n) is 14.2. The lowest BCUT2D eigenvalue weighted by Crippen LogP contribution is -2.18. The Kier molecular flexibility index (Phi) is 3.86. The van der Waals surface area contributed by atoms with Gasteiger partial charge in [0.05, 0.1) is 0 Å². The molecule has 1 aliphatic carbocycles. The van der Waals surface area contributed by atoms with Gasteiger partial charge in [-0.2, -0.15) is 0 Å². The van der Waals surface area contributed by atoms with Crippen molar-refractivity contribution in [3.8, 4) is 11.1 Å². The Morgan fingerprint density at radius 3 is 2.36 bits per heavy atom. The van der Waals surface area contributed by atoms with E-state index in [1.54, 1.807) is 0 Å². The number of hydrogen-bond donors (Lipinski definition) is 1. The van der Waals surface area contributed by atoms with Crippen molar-refractivity contribution in [2.45, 2.75) is 40.0 Å². The highest BCUT2D eigenvalue weighted by molar-refractivity contribution is 5.79. The quantitative estimate of drug-likeness (QED) is 0.848. The van der Waals surface area contributed by atoms with E-state index in [0.717, 1.165) is 13.0 Å². The molecule has 0 aliphatic heterocycles. The van der Waals surface area contributed by atoms with Crippen LogP contribution in [0.1, 0.15) is 50.3 Å². The topological polar surface area (TPSA) is 26.0 Å². The molecule has 1 nitrogen and oxygen atoms in total. The van der Waals surface area contributed by atoms with Crippen molar-refractivity contribution in [1.82, 2.24) is 0 Å². The van der Waals surface area contributed by atoms with E-state index in [4.69, 9.17) is 5.73 Å². The van der Waals surface area contributed by atoms with Gasteiger partial charge in [0.25, 0.3) is 0 Å². The molecule has 3 rings (SSSR count). The Hall–Kier alpha value is -1.60. The second kappa shape index (κ2) is 5.55. The molecule has 2 aromatic carbocycles. The summed E-state index contributed by atoms with van der Waals surface area (Å²) in [5.74, 6) is 1.02. The Bertz CT molecular complexity index is 679. The molecule has 2 unspecified atom stereocenters. The first-order chi connectivity index (χ1) is 10.4. The fraction of sp³-hybridized carbons (Fsp3) is 0.429. The van der Waals surface area contributed by atoms with Crippen LogP contribution in [-0.2, 0) is 6.42 Å². The third-order valence-electron chi connectivity index (χ3n) is 4.84. The highest BCUT2D eigenvalue weighted by atomic mass is 14.5. The molecule has 116 valence electrons. The minimum Gasteiger partial charge on any atom is -0.330 e. The number of benzene rings is 2. The van der Waals surface area contributed by atoms with Crippen LogP contribution in [0.25, 0.3) is 11.1 Å². The van der Waals surface area contributed by atoms with Crippen LogP contribution in [0.15, 0.2) is 42.5 Å². The van der Waals surface area contributed by atoms with Gasteiger partial charge in [0.15, 0.2) is 0 Å². The maximum absolute atomic E-state index is 5.80.